The zero-order valence-corrected chi connectivity index (χ0v) is 14.7. The van der Waals surface area contributed by atoms with Crippen LogP contribution in [0.25, 0.3) is 11.1 Å². The summed E-state index contributed by atoms with van der Waals surface area (Å²) in [6, 6.07) is 12.8. The summed E-state index contributed by atoms with van der Waals surface area (Å²) >= 11 is 0. The lowest BCUT2D eigenvalue weighted by Crippen LogP contribution is -2.03. The van der Waals surface area contributed by atoms with Crippen molar-refractivity contribution in [2.45, 2.75) is 6.92 Å². The number of oxazole rings is 1. The highest BCUT2D eigenvalue weighted by Crippen LogP contribution is 2.24. The second-order valence-corrected chi connectivity index (χ2v) is 5.93. The molecule has 2 heterocycles. The lowest BCUT2D eigenvalue weighted by Gasteiger charge is -2.11. The fraction of sp³-hybridized carbons (Fsp3) is 0.105. The van der Waals surface area contributed by atoms with E-state index in [2.05, 4.69) is 25.6 Å². The lowest BCUT2D eigenvalue weighted by atomic mass is 10.2. The molecule has 0 bridgehead atoms. The summed E-state index contributed by atoms with van der Waals surface area (Å²) in [5.41, 5.74) is 3.60. The molecule has 136 valence electrons. The van der Waals surface area contributed by atoms with E-state index in [0.29, 0.717) is 22.9 Å². The highest BCUT2D eigenvalue weighted by Gasteiger charge is 2.07. The molecule has 8 nitrogen and oxygen atoms in total. The first-order valence-electron chi connectivity index (χ1n) is 8.25. The van der Waals surface area contributed by atoms with Crippen LogP contribution in [0.3, 0.4) is 0 Å². The molecule has 0 radical (unpaired) electrons. The van der Waals surface area contributed by atoms with E-state index in [9.17, 15) is 4.79 Å². The van der Waals surface area contributed by atoms with Crippen LogP contribution >= 0.6 is 0 Å². The smallest absolute Gasteiger partial charge is 0.417 e. The average molecular weight is 363 g/mol. The quantitative estimate of drug-likeness (QED) is 0.496. The summed E-state index contributed by atoms with van der Waals surface area (Å²) < 4.78 is 10.2. The molecule has 8 heteroatoms. The van der Waals surface area contributed by atoms with Crippen LogP contribution in [-0.2, 0) is 0 Å². The maximum Gasteiger partial charge on any atom is 0.417 e. The summed E-state index contributed by atoms with van der Waals surface area (Å²) in [5.74, 6) is 1.37. The summed E-state index contributed by atoms with van der Waals surface area (Å²) in [6.07, 6.45) is 1.73. The van der Waals surface area contributed by atoms with Gasteiger partial charge < -0.3 is 19.8 Å². The summed E-state index contributed by atoms with van der Waals surface area (Å²) in [5, 5.41) is 6.40. The number of aromatic nitrogens is 3. The van der Waals surface area contributed by atoms with Crippen LogP contribution in [0.1, 0.15) is 5.56 Å². The Kier molecular flexibility index (Phi) is 4.21. The van der Waals surface area contributed by atoms with Gasteiger partial charge in [0.1, 0.15) is 11.6 Å². The first-order valence-corrected chi connectivity index (χ1v) is 8.25. The number of benzene rings is 2. The number of hydrogen-bond donors (Lipinski definition) is 3. The van der Waals surface area contributed by atoms with Gasteiger partial charge in [-0.05, 0) is 37.3 Å². The zero-order valence-electron chi connectivity index (χ0n) is 14.7. The van der Waals surface area contributed by atoms with E-state index >= 15 is 0 Å². The van der Waals surface area contributed by atoms with Crippen LogP contribution in [0, 0.1) is 6.92 Å². The van der Waals surface area contributed by atoms with Gasteiger partial charge in [-0.2, -0.15) is 4.98 Å². The predicted molar refractivity (Wildman–Crippen MR) is 103 cm³/mol. The van der Waals surface area contributed by atoms with E-state index in [0.717, 1.165) is 22.7 Å². The summed E-state index contributed by atoms with van der Waals surface area (Å²) in [4.78, 5) is 22.8. The van der Waals surface area contributed by atoms with Crippen LogP contribution < -0.4 is 21.1 Å². The maximum atomic E-state index is 11.3. The molecule has 0 unspecified atom stereocenters. The van der Waals surface area contributed by atoms with E-state index in [-0.39, 0.29) is 0 Å². The van der Waals surface area contributed by atoms with E-state index in [1.54, 1.807) is 25.4 Å². The van der Waals surface area contributed by atoms with Crippen molar-refractivity contribution in [3.63, 3.8) is 0 Å². The molecule has 4 aromatic rings. The van der Waals surface area contributed by atoms with Crippen LogP contribution in [0.15, 0.2) is 57.9 Å². The Hall–Kier alpha value is -3.81. The van der Waals surface area contributed by atoms with Gasteiger partial charge in [-0.25, -0.2) is 9.78 Å². The number of methoxy groups -OCH3 is 1. The number of anilines is 4. The van der Waals surface area contributed by atoms with Crippen LogP contribution in [0.5, 0.6) is 5.75 Å². The molecule has 4 rings (SSSR count). The molecule has 0 aliphatic rings. The average Bonchev–Trinajstić information content (AvgIpc) is 3.04. The zero-order chi connectivity index (χ0) is 18.8. The van der Waals surface area contributed by atoms with Crippen LogP contribution in [-0.4, -0.2) is 22.1 Å². The highest BCUT2D eigenvalue weighted by atomic mass is 16.5. The Labute approximate surface area is 154 Å². The Morgan fingerprint density at radius 1 is 1.11 bits per heavy atom. The van der Waals surface area contributed by atoms with E-state index < -0.39 is 5.76 Å². The van der Waals surface area contributed by atoms with Crippen molar-refractivity contribution < 1.29 is 9.15 Å². The third-order valence-electron chi connectivity index (χ3n) is 3.98. The van der Waals surface area contributed by atoms with Gasteiger partial charge in [-0.1, -0.05) is 6.07 Å². The molecule has 0 amide bonds. The first-order chi connectivity index (χ1) is 13.1. The molecular weight excluding hydrogens is 346 g/mol. The second kappa shape index (κ2) is 6.83. The second-order valence-electron chi connectivity index (χ2n) is 5.93. The standard InChI is InChI=1S/C19H17N5O3/c1-11-10-20-18(22-12-4-3-5-14(8-12)26-2)24-17(11)21-13-6-7-16-15(9-13)23-19(25)27-16/h3-10H,1-2H3,(H,23,25)(H2,20,21,22,24). The number of rotatable bonds is 5. The van der Waals surface area contributed by atoms with Crippen LogP contribution in [0.4, 0.5) is 23.1 Å². The molecular formula is C19H17N5O3. The van der Waals surface area contributed by atoms with Crippen molar-refractivity contribution >= 4 is 34.2 Å². The summed E-state index contributed by atoms with van der Waals surface area (Å²) in [6.45, 7) is 1.91. The SMILES string of the molecule is COc1cccc(Nc2ncc(C)c(Nc3ccc4oc(=O)[nH]c4c3)n2)c1. The van der Waals surface area contributed by atoms with Crippen molar-refractivity contribution in [1.82, 2.24) is 15.0 Å². The number of nitrogens with zero attached hydrogens (tertiary/aromatic N) is 2. The minimum atomic E-state index is -0.481. The van der Waals surface area contributed by atoms with Gasteiger partial charge in [0, 0.05) is 29.2 Å². The molecule has 0 spiro atoms. The van der Waals surface area contributed by atoms with Crippen molar-refractivity contribution in [1.29, 1.82) is 0 Å². The lowest BCUT2D eigenvalue weighted by molar-refractivity contribution is 0.415. The van der Waals surface area contributed by atoms with Crippen molar-refractivity contribution in [3.8, 4) is 5.75 Å². The first kappa shape index (κ1) is 16.6. The Morgan fingerprint density at radius 3 is 2.81 bits per heavy atom. The molecule has 27 heavy (non-hydrogen) atoms. The van der Waals surface area contributed by atoms with Gasteiger partial charge in [-0.15, -0.1) is 0 Å². The summed E-state index contributed by atoms with van der Waals surface area (Å²) in [7, 11) is 1.62. The third-order valence-corrected chi connectivity index (χ3v) is 3.98. The Morgan fingerprint density at radius 2 is 1.96 bits per heavy atom. The number of ether oxygens (including phenoxy) is 1. The topological polar surface area (TPSA) is 105 Å². The molecule has 0 saturated heterocycles. The molecule has 0 fully saturated rings. The fourth-order valence-electron chi connectivity index (χ4n) is 2.63. The van der Waals surface area contributed by atoms with Crippen LogP contribution in [0.2, 0.25) is 0 Å². The van der Waals surface area contributed by atoms with Crippen molar-refractivity contribution in [3.05, 3.63) is 64.8 Å². The number of fused-ring (bicyclic) bond motifs is 1. The van der Waals surface area contributed by atoms with Gasteiger partial charge >= 0.3 is 5.76 Å². The number of aryl methyl sites for hydroxylation is 1. The number of nitrogens with one attached hydrogen (secondary N) is 3. The predicted octanol–water partition coefficient (Wildman–Crippen LogP) is 3.72. The highest BCUT2D eigenvalue weighted by molar-refractivity contribution is 5.78. The monoisotopic (exact) mass is 363 g/mol. The van der Waals surface area contributed by atoms with Gasteiger partial charge in [-0.3, -0.25) is 4.98 Å². The maximum absolute atomic E-state index is 11.3. The van der Waals surface area contributed by atoms with Gasteiger partial charge in [0.05, 0.1) is 12.6 Å². The van der Waals surface area contributed by atoms with E-state index in [4.69, 9.17) is 9.15 Å². The molecule has 0 saturated carbocycles. The largest absolute Gasteiger partial charge is 0.497 e. The number of hydrogen-bond acceptors (Lipinski definition) is 7. The van der Waals surface area contributed by atoms with Gasteiger partial charge in [0.25, 0.3) is 0 Å². The molecule has 0 aliphatic carbocycles. The Balaban J connectivity index is 1.60. The normalized spacial score (nSPS) is 10.7. The van der Waals surface area contributed by atoms with Crippen molar-refractivity contribution in [2.24, 2.45) is 0 Å². The van der Waals surface area contributed by atoms with Crippen molar-refractivity contribution in [2.75, 3.05) is 17.7 Å². The molecule has 0 aliphatic heterocycles. The van der Waals surface area contributed by atoms with E-state index in [1.807, 2.05) is 37.3 Å². The minimum Gasteiger partial charge on any atom is -0.497 e. The van der Waals surface area contributed by atoms with E-state index in [1.165, 1.54) is 0 Å². The number of aromatic amines is 1. The van der Waals surface area contributed by atoms with Gasteiger partial charge in [0.15, 0.2) is 5.58 Å². The fourth-order valence-corrected chi connectivity index (χ4v) is 2.63. The van der Waals surface area contributed by atoms with Gasteiger partial charge in [0.2, 0.25) is 5.95 Å². The third kappa shape index (κ3) is 3.59. The Bertz CT molecular complexity index is 1170. The molecule has 3 N–H and O–H groups in total. The molecule has 0 atom stereocenters. The molecule has 2 aromatic carbocycles. The minimum absolute atomic E-state index is 0.453. The molecule has 2 aromatic heterocycles. The number of H-pyrrole nitrogens is 1.